The molecule has 4 aromatic rings. The van der Waals surface area contributed by atoms with E-state index in [1.165, 1.54) is 29.5 Å². The summed E-state index contributed by atoms with van der Waals surface area (Å²) in [6, 6.07) is 20.4. The lowest BCUT2D eigenvalue weighted by atomic mass is 9.96. The minimum Gasteiger partial charge on any atom is -0.375 e. The molecular weight excluding hydrogens is 518 g/mol. The molecule has 0 radical (unpaired) electrons. The van der Waals surface area contributed by atoms with Gasteiger partial charge in [-0.2, -0.15) is 0 Å². The van der Waals surface area contributed by atoms with Gasteiger partial charge in [0.05, 0.1) is 23.5 Å². The Morgan fingerprint density at radius 2 is 1.75 bits per heavy atom. The van der Waals surface area contributed by atoms with Crippen LogP contribution >= 0.6 is 12.2 Å². The number of nitrogens with zero attached hydrogens (tertiary/aromatic N) is 3. The third kappa shape index (κ3) is 5.00. The summed E-state index contributed by atoms with van der Waals surface area (Å²) in [5, 5.41) is 7.12. The molecule has 1 saturated heterocycles. The van der Waals surface area contributed by atoms with Crippen LogP contribution in [0.1, 0.15) is 51.4 Å². The maximum Gasteiger partial charge on any atom is 0.250 e. The smallest absolute Gasteiger partial charge is 0.250 e. The number of aryl methyl sites for hydroxylation is 4. The Balaban J connectivity index is 1.63. The van der Waals surface area contributed by atoms with Gasteiger partial charge >= 0.3 is 0 Å². The summed E-state index contributed by atoms with van der Waals surface area (Å²) in [6.45, 7) is 10.6. The lowest BCUT2D eigenvalue weighted by Gasteiger charge is -2.29. The molecule has 2 aromatic heterocycles. The number of nitrogens with one attached hydrogen (secondary N) is 2. The molecule has 1 amide bonds. The van der Waals surface area contributed by atoms with Crippen LogP contribution in [-0.2, 0) is 9.53 Å². The van der Waals surface area contributed by atoms with Gasteiger partial charge in [0, 0.05) is 36.1 Å². The number of amides is 1. The molecule has 0 bridgehead atoms. The van der Waals surface area contributed by atoms with Gasteiger partial charge in [-0.25, -0.2) is 0 Å². The van der Waals surface area contributed by atoms with E-state index in [4.69, 9.17) is 21.9 Å². The minimum atomic E-state index is -0.191. The first-order chi connectivity index (χ1) is 19.2. The van der Waals surface area contributed by atoms with Crippen LogP contribution in [0.15, 0.2) is 66.9 Å². The normalized spacial score (nSPS) is 16.8. The Morgan fingerprint density at radius 3 is 2.40 bits per heavy atom. The quantitative estimate of drug-likeness (QED) is 0.267. The van der Waals surface area contributed by atoms with Crippen molar-refractivity contribution < 1.29 is 9.53 Å². The van der Waals surface area contributed by atoms with Crippen molar-refractivity contribution in [2.45, 2.75) is 46.7 Å². The van der Waals surface area contributed by atoms with Crippen LogP contribution in [-0.4, -0.2) is 34.3 Å². The van der Waals surface area contributed by atoms with Gasteiger partial charge < -0.3 is 24.8 Å². The van der Waals surface area contributed by atoms with Crippen molar-refractivity contribution in [3.05, 3.63) is 106 Å². The van der Waals surface area contributed by atoms with Crippen molar-refractivity contribution in [3.8, 4) is 5.69 Å². The van der Waals surface area contributed by atoms with Gasteiger partial charge in [0.25, 0.3) is 0 Å². The summed E-state index contributed by atoms with van der Waals surface area (Å²) in [5.74, 6) is -0.191. The van der Waals surface area contributed by atoms with Crippen LogP contribution in [0, 0.1) is 34.6 Å². The Kier molecular flexibility index (Phi) is 7.74. The number of hydrogen-bond donors (Lipinski definition) is 2. The van der Waals surface area contributed by atoms with E-state index in [-0.39, 0.29) is 24.6 Å². The highest BCUT2D eigenvalue weighted by Gasteiger charge is 2.42. The molecule has 1 aliphatic rings. The molecule has 1 aliphatic heterocycles. The maximum atomic E-state index is 12.1. The van der Waals surface area contributed by atoms with E-state index < -0.39 is 0 Å². The molecule has 2 N–H and O–H groups in total. The summed E-state index contributed by atoms with van der Waals surface area (Å²) < 4.78 is 7.32. The molecule has 0 aliphatic carbocycles. The Morgan fingerprint density at radius 1 is 1.00 bits per heavy atom. The van der Waals surface area contributed by atoms with Crippen LogP contribution in [0.2, 0.25) is 0 Å². The number of aromatic nitrogens is 2. The van der Waals surface area contributed by atoms with E-state index in [9.17, 15) is 4.79 Å². The fourth-order valence-electron chi connectivity index (χ4n) is 5.79. The summed E-state index contributed by atoms with van der Waals surface area (Å²) in [6.07, 6.45) is 1.82. The van der Waals surface area contributed by atoms with E-state index in [2.05, 4.69) is 78.1 Å². The zero-order chi connectivity index (χ0) is 28.6. The van der Waals surface area contributed by atoms with Crippen LogP contribution in [0.5, 0.6) is 0 Å². The second-order valence-electron chi connectivity index (χ2n) is 10.4. The second-order valence-corrected chi connectivity index (χ2v) is 10.8. The maximum absolute atomic E-state index is 12.1. The van der Waals surface area contributed by atoms with E-state index in [0.717, 1.165) is 34.0 Å². The average molecular weight is 554 g/mol. The largest absolute Gasteiger partial charge is 0.375 e. The highest BCUT2D eigenvalue weighted by molar-refractivity contribution is 7.80. The number of ether oxygens (including phenoxy) is 1. The number of thiocarbonyl (C=S) groups is 1. The van der Waals surface area contributed by atoms with Gasteiger partial charge in [0.15, 0.2) is 5.11 Å². The molecule has 206 valence electrons. The van der Waals surface area contributed by atoms with Crippen molar-refractivity contribution in [2.75, 3.05) is 23.9 Å². The van der Waals surface area contributed by atoms with E-state index in [1.54, 1.807) is 0 Å². The zero-order valence-electron chi connectivity index (χ0n) is 23.8. The molecule has 3 heterocycles. The van der Waals surface area contributed by atoms with Gasteiger partial charge in [-0.3, -0.25) is 9.78 Å². The predicted octanol–water partition coefficient (Wildman–Crippen LogP) is 6.18. The molecule has 8 heteroatoms. The van der Waals surface area contributed by atoms with Gasteiger partial charge in [0.2, 0.25) is 5.91 Å². The number of rotatable bonds is 7. The molecule has 2 atom stereocenters. The zero-order valence-corrected chi connectivity index (χ0v) is 24.6. The number of benzene rings is 2. The van der Waals surface area contributed by atoms with E-state index in [1.807, 2.05) is 43.5 Å². The summed E-state index contributed by atoms with van der Waals surface area (Å²) in [7, 11) is 1.51. The number of carbonyl (C=O) groups excluding carboxylic acids is 1. The van der Waals surface area contributed by atoms with Gasteiger partial charge in [-0.15, -0.1) is 0 Å². The molecule has 0 spiro atoms. The molecule has 2 aromatic carbocycles. The molecule has 0 unspecified atom stereocenters. The Bertz CT molecular complexity index is 1560. The molecule has 40 heavy (non-hydrogen) atoms. The van der Waals surface area contributed by atoms with E-state index in [0.29, 0.717) is 5.11 Å². The SMILES string of the molecule is COCC(=O)Nc1ccc(N2C(=S)N[C@@H](c3ccccn3)[C@@H]2c2cc(C)n(-c3c(C)cccc3C)c2C)cc1C. The second kappa shape index (κ2) is 11.2. The first-order valence-electron chi connectivity index (χ1n) is 13.4. The first-order valence-corrected chi connectivity index (χ1v) is 13.8. The number of pyridine rings is 1. The van der Waals surface area contributed by atoms with Gasteiger partial charge in [-0.1, -0.05) is 24.3 Å². The number of methoxy groups -OCH3 is 1. The first kappa shape index (κ1) is 27.6. The topological polar surface area (TPSA) is 71.4 Å². The molecule has 0 saturated carbocycles. The average Bonchev–Trinajstić information content (AvgIpc) is 3.41. The molecule has 1 fully saturated rings. The van der Waals surface area contributed by atoms with Gasteiger partial charge in [0.1, 0.15) is 6.61 Å². The highest BCUT2D eigenvalue weighted by atomic mass is 32.1. The standard InChI is InChI=1S/C32H35N5O2S/c1-19-10-9-11-20(2)30(19)36-22(4)17-25(23(36)5)31-29(27-12-7-8-15-33-27)35-32(40)37(31)24-13-14-26(21(3)16-24)34-28(38)18-39-6/h7-17,29,31H,18H2,1-6H3,(H,34,38)(H,35,40)/t29-,31-/m0/s1. The number of anilines is 2. The third-order valence-corrected chi connectivity index (χ3v) is 7.90. The minimum absolute atomic E-state index is 0.00509. The highest BCUT2D eigenvalue weighted by Crippen LogP contribution is 2.44. The van der Waals surface area contributed by atoms with Crippen LogP contribution in [0.25, 0.3) is 5.69 Å². The fourth-order valence-corrected chi connectivity index (χ4v) is 6.14. The number of carbonyl (C=O) groups is 1. The molecule has 5 rings (SSSR count). The van der Waals surface area contributed by atoms with Crippen LogP contribution in [0.4, 0.5) is 11.4 Å². The number of hydrogen-bond acceptors (Lipinski definition) is 4. The summed E-state index contributed by atoms with van der Waals surface area (Å²) in [5.41, 5.74) is 10.7. The Hall–Kier alpha value is -4.01. The summed E-state index contributed by atoms with van der Waals surface area (Å²) >= 11 is 5.97. The Labute approximate surface area is 241 Å². The summed E-state index contributed by atoms with van der Waals surface area (Å²) in [4.78, 5) is 19.0. The van der Waals surface area contributed by atoms with Crippen molar-refractivity contribution >= 4 is 34.6 Å². The lowest BCUT2D eigenvalue weighted by molar-refractivity contribution is -0.119. The lowest BCUT2D eigenvalue weighted by Crippen LogP contribution is -2.29. The van der Waals surface area contributed by atoms with E-state index >= 15 is 0 Å². The van der Waals surface area contributed by atoms with Crippen molar-refractivity contribution in [1.82, 2.24) is 14.9 Å². The molecule has 7 nitrogen and oxygen atoms in total. The number of para-hydroxylation sites is 1. The monoisotopic (exact) mass is 553 g/mol. The fraction of sp³-hybridized carbons (Fsp3) is 0.281. The van der Waals surface area contributed by atoms with Gasteiger partial charge in [-0.05, 0) is 105 Å². The molecular formula is C32H35N5O2S. The predicted molar refractivity (Wildman–Crippen MR) is 164 cm³/mol. The third-order valence-electron chi connectivity index (χ3n) is 7.59. The van der Waals surface area contributed by atoms with Crippen molar-refractivity contribution in [1.29, 1.82) is 0 Å². The van der Waals surface area contributed by atoms with Crippen molar-refractivity contribution in [3.63, 3.8) is 0 Å². The van der Waals surface area contributed by atoms with Crippen LogP contribution < -0.4 is 15.5 Å². The van der Waals surface area contributed by atoms with Crippen molar-refractivity contribution in [2.24, 2.45) is 0 Å². The van der Waals surface area contributed by atoms with Crippen LogP contribution in [0.3, 0.4) is 0 Å².